The van der Waals surface area contributed by atoms with Crippen molar-refractivity contribution >= 4 is 23.8 Å². The smallest absolute Gasteiger partial charge is 0.327 e. The van der Waals surface area contributed by atoms with Crippen molar-refractivity contribution < 1.29 is 14.7 Å². The molecule has 2 saturated heterocycles. The van der Waals surface area contributed by atoms with Crippen molar-refractivity contribution in [2.45, 2.75) is 58.0 Å². The number of likely N-dealkylation sites (tertiary alicyclic amines) is 1. The third kappa shape index (κ3) is 3.30. The maximum Gasteiger partial charge on any atom is 0.327 e. The average molecular weight is 314 g/mol. The second-order valence-corrected chi connectivity index (χ2v) is 7.85. The van der Waals surface area contributed by atoms with E-state index in [9.17, 15) is 14.7 Å². The standard InChI is InChI=1S/C15H26N2O3S/c1-9(2)13-17(12(8-21-13)14(18)19)15(20)16-7-10(3)5-6-11(16)4/h9-13H,5-8H2,1-4H3,(H,18,19). The Balaban J connectivity index is 2.22. The van der Waals surface area contributed by atoms with Crippen LogP contribution < -0.4 is 0 Å². The Kier molecular flexibility index (Phi) is 5.07. The van der Waals surface area contributed by atoms with Crippen LogP contribution in [0.1, 0.15) is 40.5 Å². The van der Waals surface area contributed by atoms with Crippen LogP contribution in [0.3, 0.4) is 0 Å². The number of carbonyl (C=O) groups excluding carboxylic acids is 1. The quantitative estimate of drug-likeness (QED) is 0.851. The topological polar surface area (TPSA) is 60.9 Å². The lowest BCUT2D eigenvalue weighted by molar-refractivity contribution is -0.141. The molecule has 1 N–H and O–H groups in total. The molecule has 5 nitrogen and oxygen atoms in total. The summed E-state index contributed by atoms with van der Waals surface area (Å²) in [6.07, 6.45) is 2.13. The van der Waals surface area contributed by atoms with Crippen molar-refractivity contribution in [1.29, 1.82) is 0 Å². The zero-order valence-corrected chi connectivity index (χ0v) is 14.1. The number of rotatable bonds is 2. The van der Waals surface area contributed by atoms with E-state index in [0.717, 1.165) is 19.4 Å². The fourth-order valence-electron chi connectivity index (χ4n) is 3.18. The summed E-state index contributed by atoms with van der Waals surface area (Å²) < 4.78 is 0. The van der Waals surface area contributed by atoms with Crippen molar-refractivity contribution in [3.8, 4) is 0 Å². The van der Waals surface area contributed by atoms with Crippen LogP contribution in [0, 0.1) is 11.8 Å². The molecule has 0 spiro atoms. The number of aliphatic carboxylic acids is 1. The molecule has 2 amide bonds. The third-order valence-corrected chi connectivity index (χ3v) is 6.10. The largest absolute Gasteiger partial charge is 0.480 e. The summed E-state index contributed by atoms with van der Waals surface area (Å²) in [4.78, 5) is 27.9. The fourth-order valence-corrected chi connectivity index (χ4v) is 4.64. The lowest BCUT2D eigenvalue weighted by atomic mass is 9.95. The number of carboxylic acid groups (broad SMARTS) is 1. The molecular weight excluding hydrogens is 288 g/mol. The van der Waals surface area contributed by atoms with Gasteiger partial charge < -0.3 is 10.0 Å². The molecule has 2 heterocycles. The van der Waals surface area contributed by atoms with Gasteiger partial charge in [0.2, 0.25) is 0 Å². The van der Waals surface area contributed by atoms with E-state index in [2.05, 4.69) is 13.8 Å². The van der Waals surface area contributed by atoms with Crippen LogP contribution in [-0.2, 0) is 4.79 Å². The Hall–Kier alpha value is -0.910. The maximum absolute atomic E-state index is 13.0. The summed E-state index contributed by atoms with van der Waals surface area (Å²) in [5.74, 6) is 0.334. The summed E-state index contributed by atoms with van der Waals surface area (Å²) >= 11 is 1.59. The van der Waals surface area contributed by atoms with E-state index in [4.69, 9.17) is 0 Å². The summed E-state index contributed by atoms with van der Waals surface area (Å²) in [7, 11) is 0. The van der Waals surface area contributed by atoms with Crippen LogP contribution in [0.5, 0.6) is 0 Å². The predicted molar refractivity (Wildman–Crippen MR) is 84.3 cm³/mol. The monoisotopic (exact) mass is 314 g/mol. The molecule has 0 aromatic rings. The first-order valence-electron chi connectivity index (χ1n) is 7.76. The van der Waals surface area contributed by atoms with Crippen molar-refractivity contribution in [3.05, 3.63) is 0 Å². The van der Waals surface area contributed by atoms with Gasteiger partial charge in [-0.25, -0.2) is 9.59 Å². The van der Waals surface area contributed by atoms with Crippen molar-refractivity contribution in [2.75, 3.05) is 12.3 Å². The van der Waals surface area contributed by atoms with Crippen LogP contribution in [-0.4, -0.2) is 56.7 Å². The van der Waals surface area contributed by atoms with E-state index < -0.39 is 12.0 Å². The summed E-state index contributed by atoms with van der Waals surface area (Å²) in [6.45, 7) is 9.04. The second-order valence-electron chi connectivity index (χ2n) is 6.70. The first-order valence-corrected chi connectivity index (χ1v) is 8.81. The molecular formula is C15H26N2O3S. The normalized spacial score (nSPS) is 33.6. The van der Waals surface area contributed by atoms with E-state index in [-0.39, 0.29) is 23.4 Å². The number of carbonyl (C=O) groups is 2. The van der Waals surface area contributed by atoms with Crippen LogP contribution in [0.4, 0.5) is 4.79 Å². The molecule has 21 heavy (non-hydrogen) atoms. The van der Waals surface area contributed by atoms with Gasteiger partial charge in [0.05, 0.1) is 5.37 Å². The number of urea groups is 1. The average Bonchev–Trinajstić information content (AvgIpc) is 2.85. The summed E-state index contributed by atoms with van der Waals surface area (Å²) in [5, 5.41) is 9.38. The van der Waals surface area contributed by atoms with Crippen LogP contribution in [0.2, 0.25) is 0 Å². The van der Waals surface area contributed by atoms with Crippen LogP contribution in [0.25, 0.3) is 0 Å². The molecule has 0 saturated carbocycles. The van der Waals surface area contributed by atoms with Gasteiger partial charge in [0, 0.05) is 18.3 Å². The van der Waals surface area contributed by atoms with Gasteiger partial charge in [-0.3, -0.25) is 4.90 Å². The number of nitrogens with zero attached hydrogens (tertiary/aromatic N) is 2. The summed E-state index contributed by atoms with van der Waals surface area (Å²) in [6, 6.07) is -0.592. The number of hydrogen-bond acceptors (Lipinski definition) is 3. The highest BCUT2D eigenvalue weighted by Crippen LogP contribution is 2.36. The van der Waals surface area contributed by atoms with Crippen molar-refractivity contribution in [2.24, 2.45) is 11.8 Å². The molecule has 2 aliphatic rings. The van der Waals surface area contributed by atoms with Gasteiger partial charge in [-0.2, -0.15) is 0 Å². The van der Waals surface area contributed by atoms with E-state index in [0.29, 0.717) is 11.7 Å². The molecule has 2 fully saturated rings. The van der Waals surface area contributed by atoms with Gasteiger partial charge in [0.15, 0.2) is 0 Å². The minimum absolute atomic E-state index is 0.0389. The molecule has 120 valence electrons. The molecule has 0 radical (unpaired) electrons. The molecule has 0 aliphatic carbocycles. The molecule has 6 heteroatoms. The lowest BCUT2D eigenvalue weighted by Gasteiger charge is -2.41. The molecule has 2 aliphatic heterocycles. The van der Waals surface area contributed by atoms with E-state index >= 15 is 0 Å². The van der Waals surface area contributed by atoms with Gasteiger partial charge in [-0.05, 0) is 31.6 Å². The zero-order valence-electron chi connectivity index (χ0n) is 13.3. The number of carboxylic acids is 1. The molecule has 4 unspecified atom stereocenters. The Morgan fingerprint density at radius 3 is 2.48 bits per heavy atom. The van der Waals surface area contributed by atoms with Crippen LogP contribution >= 0.6 is 11.8 Å². The minimum Gasteiger partial charge on any atom is -0.480 e. The van der Waals surface area contributed by atoms with E-state index in [1.165, 1.54) is 0 Å². The predicted octanol–water partition coefficient (Wildman–Crippen LogP) is 2.71. The number of hydrogen-bond donors (Lipinski definition) is 1. The van der Waals surface area contributed by atoms with Crippen molar-refractivity contribution in [3.63, 3.8) is 0 Å². The fraction of sp³-hybridized carbons (Fsp3) is 0.867. The molecule has 4 atom stereocenters. The van der Waals surface area contributed by atoms with E-state index in [1.54, 1.807) is 16.7 Å². The molecule has 0 aromatic heterocycles. The Morgan fingerprint density at radius 1 is 1.24 bits per heavy atom. The first kappa shape index (κ1) is 16.5. The number of piperidine rings is 1. The second kappa shape index (κ2) is 6.46. The molecule has 0 bridgehead atoms. The van der Waals surface area contributed by atoms with Gasteiger partial charge in [0.25, 0.3) is 0 Å². The Bertz CT molecular complexity index is 416. The highest BCUT2D eigenvalue weighted by Gasteiger charge is 2.45. The first-order chi connectivity index (χ1) is 9.82. The molecule has 0 aromatic carbocycles. The minimum atomic E-state index is -0.892. The van der Waals surface area contributed by atoms with Gasteiger partial charge in [-0.1, -0.05) is 20.8 Å². The number of thioether (sulfide) groups is 1. The number of amides is 2. The Morgan fingerprint density at radius 2 is 1.90 bits per heavy atom. The Labute approximate surface area is 131 Å². The van der Waals surface area contributed by atoms with E-state index in [1.807, 2.05) is 18.7 Å². The van der Waals surface area contributed by atoms with Gasteiger partial charge in [-0.15, -0.1) is 11.8 Å². The summed E-state index contributed by atoms with van der Waals surface area (Å²) in [5.41, 5.74) is 0. The van der Waals surface area contributed by atoms with Crippen LogP contribution in [0.15, 0.2) is 0 Å². The SMILES string of the molecule is CC1CCC(C)N(C(=O)N2C(C(=O)O)CSC2C(C)C)C1. The highest BCUT2D eigenvalue weighted by molar-refractivity contribution is 8.00. The van der Waals surface area contributed by atoms with Gasteiger partial charge in [0.1, 0.15) is 6.04 Å². The molecule has 2 rings (SSSR count). The third-order valence-electron chi connectivity index (χ3n) is 4.47. The highest BCUT2D eigenvalue weighted by atomic mass is 32.2. The maximum atomic E-state index is 13.0. The zero-order chi connectivity index (χ0) is 15.7. The van der Waals surface area contributed by atoms with Crippen molar-refractivity contribution in [1.82, 2.24) is 9.80 Å². The lowest BCUT2D eigenvalue weighted by Crippen LogP contribution is -2.56. The van der Waals surface area contributed by atoms with Gasteiger partial charge >= 0.3 is 12.0 Å².